The molecule has 2 N–H and O–H groups in total. The Morgan fingerprint density at radius 3 is 2.47 bits per heavy atom. The van der Waals surface area contributed by atoms with Gasteiger partial charge in [0.25, 0.3) is 0 Å². The van der Waals surface area contributed by atoms with E-state index >= 15 is 0 Å². The number of ether oxygens (including phenoxy) is 5. The second-order valence-electron chi connectivity index (χ2n) is 16.2. The fourth-order valence-corrected chi connectivity index (χ4v) is 11.4. The normalized spacial score (nSPS) is 24.8. The fraction of sp³-hybridized carbons (Fsp3) is 0.535. The van der Waals surface area contributed by atoms with Crippen LogP contribution in [0.5, 0.6) is 11.5 Å². The predicted octanol–water partition coefficient (Wildman–Crippen LogP) is 4.58. The van der Waals surface area contributed by atoms with Gasteiger partial charge in [-0.1, -0.05) is 37.3 Å². The molecule has 0 spiro atoms. The fourth-order valence-electron chi connectivity index (χ4n) is 8.11. The Balaban J connectivity index is 1.05. The highest BCUT2D eigenvalue weighted by Crippen LogP contribution is 2.49. The Morgan fingerprint density at radius 2 is 1.74 bits per heavy atom. The van der Waals surface area contributed by atoms with Gasteiger partial charge in [0.15, 0.2) is 12.4 Å². The molecule has 3 aromatic carbocycles. The number of alkyl carbamates (subject to hydrolysis) is 1. The van der Waals surface area contributed by atoms with Crippen molar-refractivity contribution >= 4 is 35.4 Å². The summed E-state index contributed by atoms with van der Waals surface area (Å²) in [5, 5.41) is 14.6. The van der Waals surface area contributed by atoms with Crippen molar-refractivity contribution in [1.29, 1.82) is 0 Å². The molecule has 0 saturated carbocycles. The lowest BCUT2D eigenvalue weighted by atomic mass is 9.98. The van der Waals surface area contributed by atoms with Crippen LogP contribution in [0.1, 0.15) is 44.2 Å². The molecule has 0 aromatic heterocycles. The molecule has 4 aliphatic rings. The van der Waals surface area contributed by atoms with E-state index in [4.69, 9.17) is 32.7 Å². The third-order valence-corrected chi connectivity index (χ3v) is 15.1. The first kappa shape index (κ1) is 45.8. The monoisotopic (exact) mass is 900 g/mol. The molecule has 62 heavy (non-hydrogen) atoms. The smallest absolute Gasteiger partial charge is 0.417 e. The van der Waals surface area contributed by atoms with Crippen molar-refractivity contribution in [3.8, 4) is 11.5 Å². The van der Waals surface area contributed by atoms with Crippen molar-refractivity contribution in [2.24, 2.45) is 5.92 Å². The number of piperazine rings is 1. The first-order chi connectivity index (χ1) is 29.7. The second kappa shape index (κ2) is 20.1. The van der Waals surface area contributed by atoms with Crippen LogP contribution in [0.2, 0.25) is 0 Å². The highest BCUT2D eigenvalue weighted by atomic mass is 32.2. The number of sulfonamides is 1. The quantitative estimate of drug-likeness (QED) is 0.141. The number of rotatable bonds is 17. The molecule has 1 amide bonds. The summed E-state index contributed by atoms with van der Waals surface area (Å²) in [6.45, 7) is 9.22. The molecule has 17 nitrogen and oxygen atoms in total. The van der Waals surface area contributed by atoms with Crippen molar-refractivity contribution in [3.05, 3.63) is 83.9 Å². The first-order valence-electron chi connectivity index (χ1n) is 21.1. The molecular weight excluding hydrogens is 844 g/mol. The number of likely N-dealkylation sites (N-methyl/N-ethyl adjacent to an activating group) is 1. The maximum atomic E-state index is 14.1. The van der Waals surface area contributed by atoms with Gasteiger partial charge in [0, 0.05) is 45.0 Å². The Labute approximate surface area is 363 Å². The van der Waals surface area contributed by atoms with Crippen LogP contribution in [0.4, 0.5) is 10.5 Å². The molecule has 3 saturated heterocycles. The zero-order chi connectivity index (χ0) is 44.0. The lowest BCUT2D eigenvalue weighted by molar-refractivity contribution is -0.150. The van der Waals surface area contributed by atoms with Gasteiger partial charge in [-0.3, -0.25) is 4.52 Å². The number of β-amino-alcohol motifs (C(OH)–C–C–N with tert-alkyl or cyclic N) is 1. The zero-order valence-electron chi connectivity index (χ0n) is 35.5. The van der Waals surface area contributed by atoms with E-state index in [0.29, 0.717) is 24.3 Å². The molecule has 3 aromatic rings. The first-order valence-corrected chi connectivity index (χ1v) is 24.2. The van der Waals surface area contributed by atoms with E-state index in [9.17, 15) is 27.7 Å². The molecule has 0 bridgehead atoms. The van der Waals surface area contributed by atoms with E-state index in [0.717, 1.165) is 37.4 Å². The van der Waals surface area contributed by atoms with Gasteiger partial charge in [-0.15, -0.1) is 0 Å². The molecule has 0 radical (unpaired) electrons. The van der Waals surface area contributed by atoms with Crippen LogP contribution < -0.4 is 19.5 Å². The summed E-state index contributed by atoms with van der Waals surface area (Å²) in [6, 6.07) is 19.5. The summed E-state index contributed by atoms with van der Waals surface area (Å²) in [7, 11) is -6.00. The van der Waals surface area contributed by atoms with Gasteiger partial charge in [0.05, 0.1) is 42.8 Å². The summed E-state index contributed by atoms with van der Waals surface area (Å²) in [5.74, 6) is -0.428. The summed E-state index contributed by atoms with van der Waals surface area (Å²) in [5.41, 5.74) is 2.38. The number of para-hydroxylation sites is 1. The number of benzene rings is 3. The molecule has 7 rings (SSSR count). The van der Waals surface area contributed by atoms with Gasteiger partial charge < -0.3 is 48.4 Å². The number of esters is 1. The van der Waals surface area contributed by atoms with E-state index in [2.05, 4.69) is 22.2 Å². The Bertz CT molecular complexity index is 2160. The molecule has 0 aliphatic carbocycles. The largest absolute Gasteiger partial charge is 0.480 e. The standard InChI is InChI=1S/C43H57N4O13PS/c1-5-54-41(49)30(3)59-61(51,60-34-9-7-6-8-10-34)28-57-33-14-11-31(12-15-33)23-37(44-43(50)58-39-27-56-42-35(39)17-22-55-42)38(48)26-47-25-29(2)36-24-32(13-16-40(36)62(47,52)53)46-20-18-45(4)19-21-46/h6-16,24,29-30,35,37-39,42,48H,5,17-23,25-28H2,1-4H3,(H,44,50)/t29?,30-,35-,37-,38+,39-,42+,61?/m0/s1. The Morgan fingerprint density at radius 1 is 1.00 bits per heavy atom. The number of carbonyl (C=O) groups is 2. The summed E-state index contributed by atoms with van der Waals surface area (Å²) in [6.07, 6.45) is -4.10. The van der Waals surface area contributed by atoms with Crippen molar-refractivity contribution < 1.29 is 60.4 Å². The van der Waals surface area contributed by atoms with Gasteiger partial charge >= 0.3 is 19.7 Å². The number of hydrogen-bond donors (Lipinski definition) is 2. The topological polar surface area (TPSA) is 192 Å². The maximum absolute atomic E-state index is 14.1. The van der Waals surface area contributed by atoms with E-state index in [-0.39, 0.29) is 55.2 Å². The molecule has 19 heteroatoms. The minimum atomic E-state index is -4.08. The van der Waals surface area contributed by atoms with Crippen LogP contribution in [0, 0.1) is 5.92 Å². The van der Waals surface area contributed by atoms with Crippen molar-refractivity contribution in [2.45, 2.75) is 75.1 Å². The van der Waals surface area contributed by atoms with Crippen molar-refractivity contribution in [1.82, 2.24) is 14.5 Å². The average Bonchev–Trinajstić information content (AvgIpc) is 3.88. The number of amides is 1. The molecule has 8 atom stereocenters. The number of carbonyl (C=O) groups excluding carboxylic acids is 2. The van der Waals surface area contributed by atoms with E-state index in [1.807, 2.05) is 19.1 Å². The molecule has 2 unspecified atom stereocenters. The van der Waals surface area contributed by atoms with Gasteiger partial charge in [-0.05, 0) is 93.2 Å². The molecule has 4 heterocycles. The maximum Gasteiger partial charge on any atom is 0.417 e. The van der Waals surface area contributed by atoms with E-state index in [1.54, 1.807) is 67.6 Å². The van der Waals surface area contributed by atoms with Gasteiger partial charge in [-0.25, -0.2) is 22.6 Å². The van der Waals surface area contributed by atoms with Crippen molar-refractivity contribution in [3.63, 3.8) is 0 Å². The third-order valence-electron chi connectivity index (χ3n) is 11.6. The number of aliphatic hydroxyl groups excluding tert-OH is 1. The number of nitrogens with zero attached hydrogens (tertiary/aromatic N) is 3. The minimum Gasteiger partial charge on any atom is -0.480 e. The number of anilines is 1. The van der Waals surface area contributed by atoms with Crippen LogP contribution in [0.25, 0.3) is 0 Å². The van der Waals surface area contributed by atoms with Gasteiger partial charge in [-0.2, -0.15) is 4.31 Å². The minimum absolute atomic E-state index is 0.0804. The lowest BCUT2D eigenvalue weighted by Crippen LogP contribution is -2.52. The van der Waals surface area contributed by atoms with Gasteiger partial charge in [0.1, 0.15) is 17.6 Å². The highest BCUT2D eigenvalue weighted by Gasteiger charge is 2.44. The summed E-state index contributed by atoms with van der Waals surface area (Å²) < 4.78 is 82.7. The van der Waals surface area contributed by atoms with Crippen LogP contribution >= 0.6 is 7.60 Å². The summed E-state index contributed by atoms with van der Waals surface area (Å²) >= 11 is 0. The molecule has 4 aliphatic heterocycles. The third kappa shape index (κ3) is 11.1. The molecule has 3 fully saturated rings. The average molecular weight is 901 g/mol. The van der Waals surface area contributed by atoms with E-state index < -0.39 is 66.7 Å². The number of aliphatic hydroxyl groups is 1. The molecular formula is C43H57N4O13PS. The van der Waals surface area contributed by atoms with Gasteiger partial charge in [0.2, 0.25) is 16.4 Å². The summed E-state index contributed by atoms with van der Waals surface area (Å²) in [4.78, 5) is 30.5. The number of hydrogen-bond acceptors (Lipinski definition) is 15. The Kier molecular flexibility index (Phi) is 14.8. The van der Waals surface area contributed by atoms with Crippen LogP contribution in [-0.4, -0.2) is 138 Å². The molecule has 338 valence electrons. The van der Waals surface area contributed by atoms with E-state index in [1.165, 1.54) is 11.2 Å². The number of fused-ring (bicyclic) bond motifs is 2. The predicted molar refractivity (Wildman–Crippen MR) is 228 cm³/mol. The van der Waals surface area contributed by atoms with Crippen molar-refractivity contribution in [2.75, 3.05) is 77.4 Å². The Hall–Kier alpha value is -4.26. The number of nitrogens with one attached hydrogen (secondary N) is 1. The zero-order valence-corrected chi connectivity index (χ0v) is 37.2. The SMILES string of the molecule is CCOC(=O)[C@H](C)OP(=O)(COc1ccc(C[C@H](NC(=O)O[C@H]2CO[C@H]3OCC[C@H]32)[C@H](O)CN2CC(C)c3cc(N4CCN(C)CC4)ccc3S2(=O)=O)cc1)Oc1ccccc1. The lowest BCUT2D eigenvalue weighted by Gasteiger charge is -2.37. The highest BCUT2D eigenvalue weighted by molar-refractivity contribution is 7.89. The van der Waals surface area contributed by atoms with Crippen LogP contribution in [0.3, 0.4) is 0 Å². The van der Waals surface area contributed by atoms with Crippen LogP contribution in [-0.2, 0) is 49.3 Å². The van der Waals surface area contributed by atoms with Crippen LogP contribution in [0.15, 0.2) is 77.7 Å². The second-order valence-corrected chi connectivity index (χ2v) is 19.9.